The molecule has 0 aliphatic carbocycles. The number of hydrogen-bond donors (Lipinski definition) is 3. The molecule has 3 N–H and O–H groups in total. The van der Waals surface area contributed by atoms with Crippen molar-refractivity contribution in [2.24, 2.45) is 0 Å². The topological polar surface area (TPSA) is 108 Å². The van der Waals surface area contributed by atoms with E-state index < -0.39 is 0 Å². The molecule has 0 spiro atoms. The van der Waals surface area contributed by atoms with Gasteiger partial charge in [-0.2, -0.15) is 0 Å². The number of amides is 1. The lowest BCUT2D eigenvalue weighted by Crippen LogP contribution is -2.12. The number of fused-ring (bicyclic) bond motifs is 1. The number of hydrogen-bond acceptors (Lipinski definition) is 6. The second-order valence-corrected chi connectivity index (χ2v) is 7.77. The van der Waals surface area contributed by atoms with Crippen molar-refractivity contribution >= 4 is 45.9 Å². The molecule has 0 fully saturated rings. The van der Waals surface area contributed by atoms with Crippen LogP contribution < -0.4 is 10.6 Å². The van der Waals surface area contributed by atoms with Crippen molar-refractivity contribution in [1.82, 2.24) is 24.9 Å². The van der Waals surface area contributed by atoms with Crippen molar-refractivity contribution in [1.29, 1.82) is 0 Å². The summed E-state index contributed by atoms with van der Waals surface area (Å²) in [5.41, 5.74) is 5.73. The van der Waals surface area contributed by atoms with Crippen molar-refractivity contribution < 1.29 is 4.79 Å². The zero-order chi connectivity index (χ0) is 22.8. The fourth-order valence-electron chi connectivity index (χ4n) is 3.42. The lowest BCUT2D eigenvalue weighted by molar-refractivity contribution is 0.102. The van der Waals surface area contributed by atoms with Crippen molar-refractivity contribution in [3.8, 4) is 11.3 Å². The molecule has 9 heteroatoms. The van der Waals surface area contributed by atoms with Gasteiger partial charge in [0.15, 0.2) is 5.65 Å². The van der Waals surface area contributed by atoms with E-state index in [4.69, 9.17) is 11.6 Å². The number of imidazole rings is 1. The van der Waals surface area contributed by atoms with Crippen LogP contribution in [0.5, 0.6) is 0 Å². The van der Waals surface area contributed by atoms with Crippen LogP contribution in [0.4, 0.5) is 17.2 Å². The summed E-state index contributed by atoms with van der Waals surface area (Å²) < 4.78 is 0. The largest absolute Gasteiger partial charge is 0.339 e. The Morgan fingerprint density at radius 3 is 2.70 bits per heavy atom. The Morgan fingerprint density at radius 1 is 1.00 bits per heavy atom. The van der Waals surface area contributed by atoms with Gasteiger partial charge >= 0.3 is 0 Å². The monoisotopic (exact) mass is 455 g/mol. The summed E-state index contributed by atoms with van der Waals surface area (Å²) in [7, 11) is 0. The third kappa shape index (κ3) is 4.24. The molecule has 8 nitrogen and oxygen atoms in total. The molecule has 3 aromatic heterocycles. The average Bonchev–Trinajstić information content (AvgIpc) is 3.31. The summed E-state index contributed by atoms with van der Waals surface area (Å²) in [5.74, 6) is 0.395. The maximum absolute atomic E-state index is 12.6. The van der Waals surface area contributed by atoms with Gasteiger partial charge in [-0.05, 0) is 61.0 Å². The Balaban J connectivity index is 1.45. The number of carbonyl (C=O) groups excluding carboxylic acids is 1. The first-order chi connectivity index (χ1) is 16.1. The highest BCUT2D eigenvalue weighted by molar-refractivity contribution is 6.30. The van der Waals surface area contributed by atoms with Gasteiger partial charge in [-0.25, -0.2) is 19.9 Å². The summed E-state index contributed by atoms with van der Waals surface area (Å²) >= 11 is 5.91. The molecule has 5 rings (SSSR count). The second-order valence-electron chi connectivity index (χ2n) is 7.34. The number of carbonyl (C=O) groups is 1. The van der Waals surface area contributed by atoms with Gasteiger partial charge in [0, 0.05) is 33.7 Å². The molecule has 1 amide bonds. The van der Waals surface area contributed by atoms with Crippen LogP contribution in [0, 0.1) is 6.92 Å². The van der Waals surface area contributed by atoms with E-state index in [9.17, 15) is 4.79 Å². The quantitative estimate of drug-likeness (QED) is 0.328. The van der Waals surface area contributed by atoms with Crippen LogP contribution in [0.3, 0.4) is 0 Å². The van der Waals surface area contributed by atoms with E-state index >= 15 is 0 Å². The van der Waals surface area contributed by atoms with E-state index in [1.54, 1.807) is 36.8 Å². The van der Waals surface area contributed by atoms with Crippen molar-refractivity contribution in [2.45, 2.75) is 6.92 Å². The molecule has 0 unspecified atom stereocenters. The van der Waals surface area contributed by atoms with Gasteiger partial charge in [-0.15, -0.1) is 0 Å². The first-order valence-electron chi connectivity index (χ1n) is 10.1. The number of nitrogens with zero attached hydrogens (tertiary/aromatic N) is 4. The molecule has 0 radical (unpaired) electrons. The van der Waals surface area contributed by atoms with Crippen molar-refractivity contribution in [3.05, 3.63) is 89.6 Å². The van der Waals surface area contributed by atoms with Gasteiger partial charge in [0.25, 0.3) is 5.91 Å². The standard InChI is InChI=1S/C24H18ClN7O/c1-14-4-9-17(31-24(33)15-5-7-16(25)8-6-15)11-19(14)32-22-18(3-2-10-26-22)20-21-23(29-12-27-20)30-13-28-21/h2-13H,1H3,(H,26,32)(H,31,33)(H,27,28,29,30). The van der Waals surface area contributed by atoms with Gasteiger partial charge < -0.3 is 15.6 Å². The number of aryl methyl sites for hydroxylation is 1. The molecule has 0 bridgehead atoms. The normalized spacial score (nSPS) is 10.8. The Morgan fingerprint density at radius 2 is 1.85 bits per heavy atom. The summed E-state index contributed by atoms with van der Waals surface area (Å²) in [6.45, 7) is 1.98. The van der Waals surface area contributed by atoms with E-state index in [0.29, 0.717) is 38.9 Å². The third-order valence-corrected chi connectivity index (χ3v) is 5.39. The van der Waals surface area contributed by atoms with Crippen LogP contribution >= 0.6 is 11.6 Å². The minimum atomic E-state index is -0.220. The van der Waals surface area contributed by atoms with E-state index in [2.05, 4.69) is 35.6 Å². The van der Waals surface area contributed by atoms with Crippen LogP contribution in [-0.2, 0) is 0 Å². The highest BCUT2D eigenvalue weighted by atomic mass is 35.5. The molecule has 0 aliphatic rings. The highest BCUT2D eigenvalue weighted by Crippen LogP contribution is 2.32. The SMILES string of the molecule is Cc1ccc(NC(=O)c2ccc(Cl)cc2)cc1Nc1ncccc1-c1ncnc2[nH]cnc12. The van der Waals surface area contributed by atoms with Gasteiger partial charge in [0.05, 0.1) is 6.33 Å². The molecular weight excluding hydrogens is 438 g/mol. The molecule has 0 saturated carbocycles. The van der Waals surface area contributed by atoms with Crippen molar-refractivity contribution in [3.63, 3.8) is 0 Å². The zero-order valence-electron chi connectivity index (χ0n) is 17.5. The minimum absolute atomic E-state index is 0.220. The van der Waals surface area contributed by atoms with Crippen LogP contribution in [0.1, 0.15) is 15.9 Å². The number of pyridine rings is 1. The number of nitrogens with one attached hydrogen (secondary N) is 3. The Bertz CT molecular complexity index is 1460. The Hall–Kier alpha value is -4.30. The van der Waals surface area contributed by atoms with Crippen LogP contribution in [0.25, 0.3) is 22.4 Å². The van der Waals surface area contributed by atoms with Gasteiger partial charge in [-0.3, -0.25) is 4.79 Å². The van der Waals surface area contributed by atoms with Gasteiger partial charge in [-0.1, -0.05) is 17.7 Å². The molecule has 33 heavy (non-hydrogen) atoms. The van der Waals surface area contributed by atoms with E-state index in [1.165, 1.54) is 6.33 Å². The van der Waals surface area contributed by atoms with E-state index in [0.717, 1.165) is 16.8 Å². The van der Waals surface area contributed by atoms with Gasteiger partial charge in [0.2, 0.25) is 0 Å². The highest BCUT2D eigenvalue weighted by Gasteiger charge is 2.15. The molecular formula is C24H18ClN7O. The predicted octanol–water partition coefficient (Wildman–Crippen LogP) is 5.37. The summed E-state index contributed by atoms with van der Waals surface area (Å²) in [5, 5.41) is 6.88. The van der Waals surface area contributed by atoms with Crippen LogP contribution in [0.15, 0.2) is 73.4 Å². The summed E-state index contributed by atoms with van der Waals surface area (Å²) in [4.78, 5) is 33.1. The predicted molar refractivity (Wildman–Crippen MR) is 129 cm³/mol. The second kappa shape index (κ2) is 8.68. The molecule has 2 aromatic carbocycles. The maximum atomic E-state index is 12.6. The smallest absolute Gasteiger partial charge is 0.255 e. The number of anilines is 3. The lowest BCUT2D eigenvalue weighted by Gasteiger charge is -2.14. The van der Waals surface area contributed by atoms with E-state index in [-0.39, 0.29) is 5.91 Å². The van der Waals surface area contributed by atoms with Crippen LogP contribution in [-0.4, -0.2) is 30.8 Å². The fraction of sp³-hybridized carbons (Fsp3) is 0.0417. The van der Waals surface area contributed by atoms with Gasteiger partial charge in [0.1, 0.15) is 23.4 Å². The Kier molecular flexibility index (Phi) is 5.42. The first-order valence-corrected chi connectivity index (χ1v) is 10.5. The zero-order valence-corrected chi connectivity index (χ0v) is 18.3. The molecule has 162 valence electrons. The molecule has 0 saturated heterocycles. The maximum Gasteiger partial charge on any atom is 0.255 e. The fourth-order valence-corrected chi connectivity index (χ4v) is 3.55. The number of halogens is 1. The number of H-pyrrole nitrogens is 1. The number of rotatable bonds is 5. The van der Waals surface area contributed by atoms with Crippen molar-refractivity contribution in [2.75, 3.05) is 10.6 Å². The third-order valence-electron chi connectivity index (χ3n) is 5.13. The number of benzene rings is 2. The molecule has 0 atom stereocenters. The molecule has 5 aromatic rings. The van der Waals surface area contributed by atoms with E-state index in [1.807, 2.05) is 37.3 Å². The van der Waals surface area contributed by atoms with Crippen LogP contribution in [0.2, 0.25) is 5.02 Å². The Labute approximate surface area is 194 Å². The average molecular weight is 456 g/mol. The number of aromatic amines is 1. The lowest BCUT2D eigenvalue weighted by atomic mass is 10.1. The summed E-state index contributed by atoms with van der Waals surface area (Å²) in [6, 6.07) is 16.2. The summed E-state index contributed by atoms with van der Waals surface area (Å²) in [6.07, 6.45) is 4.78. The molecule has 3 heterocycles. The first kappa shape index (κ1) is 20.6. The molecule has 0 aliphatic heterocycles. The number of aromatic nitrogens is 5. The minimum Gasteiger partial charge on any atom is -0.339 e.